The van der Waals surface area contributed by atoms with Gasteiger partial charge in [0.25, 0.3) is 11.8 Å². The highest BCUT2D eigenvalue weighted by Gasteiger charge is 2.25. The predicted molar refractivity (Wildman–Crippen MR) is 82.3 cm³/mol. The number of hydrogen-bond donors (Lipinski definition) is 2. The maximum Gasteiger partial charge on any atom is 0.266 e. The first-order chi connectivity index (χ1) is 9.86. The Morgan fingerprint density at radius 2 is 1.95 bits per heavy atom. The van der Waals surface area contributed by atoms with Crippen LogP contribution in [0.3, 0.4) is 0 Å². The van der Waals surface area contributed by atoms with Crippen LogP contribution in [0.5, 0.6) is 0 Å². The monoisotopic (exact) mass is 332 g/mol. The van der Waals surface area contributed by atoms with Crippen LogP contribution < -0.4 is 10.8 Å². The fourth-order valence-corrected chi connectivity index (χ4v) is 2.13. The van der Waals surface area contributed by atoms with Crippen LogP contribution >= 0.6 is 23.2 Å². The molecule has 2 N–H and O–H groups in total. The van der Waals surface area contributed by atoms with Crippen LogP contribution in [0.25, 0.3) is 0 Å². The zero-order chi connectivity index (χ0) is 16.0. The second-order valence-corrected chi connectivity index (χ2v) is 5.56. The summed E-state index contributed by atoms with van der Waals surface area (Å²) in [6, 6.07) is 3.82. The van der Waals surface area contributed by atoms with Gasteiger partial charge in [-0.15, -0.1) is 0 Å². The van der Waals surface area contributed by atoms with Gasteiger partial charge in [-0.25, -0.2) is 5.48 Å². The van der Waals surface area contributed by atoms with Gasteiger partial charge in [0, 0.05) is 5.02 Å². The van der Waals surface area contributed by atoms with Crippen LogP contribution in [0, 0.1) is 5.92 Å². The quantitative estimate of drug-likeness (QED) is 0.787. The molecule has 0 aliphatic carbocycles. The highest BCUT2D eigenvalue weighted by Crippen LogP contribution is 2.21. The van der Waals surface area contributed by atoms with Crippen LogP contribution in [-0.2, 0) is 9.63 Å². The third kappa shape index (κ3) is 5.19. The molecule has 0 fully saturated rings. The molecule has 7 heteroatoms. The summed E-state index contributed by atoms with van der Waals surface area (Å²) >= 11 is 11.8. The fraction of sp³-hybridized carbons (Fsp3) is 0.429. The van der Waals surface area contributed by atoms with E-state index in [4.69, 9.17) is 28.0 Å². The van der Waals surface area contributed by atoms with Crippen molar-refractivity contribution in [1.82, 2.24) is 10.8 Å². The zero-order valence-corrected chi connectivity index (χ0v) is 13.6. The molecule has 1 atom stereocenters. The Hall–Kier alpha value is -1.30. The molecule has 2 amide bonds. The molecule has 1 rings (SSSR count). The molecule has 0 saturated carbocycles. The molecule has 1 aromatic rings. The van der Waals surface area contributed by atoms with E-state index in [2.05, 4.69) is 10.8 Å². The summed E-state index contributed by atoms with van der Waals surface area (Å²) in [6.07, 6.45) is 0. The molecule has 0 spiro atoms. The lowest BCUT2D eigenvalue weighted by atomic mass is 10.0. The number of carbonyl (C=O) groups is 2. The Balaban J connectivity index is 2.83. The fourth-order valence-electron chi connectivity index (χ4n) is 1.63. The van der Waals surface area contributed by atoms with Gasteiger partial charge in [0.05, 0.1) is 17.2 Å². The lowest BCUT2D eigenvalue weighted by Gasteiger charge is -2.21. The number of nitrogens with one attached hydrogen (secondary N) is 2. The van der Waals surface area contributed by atoms with E-state index < -0.39 is 17.9 Å². The van der Waals surface area contributed by atoms with Crippen molar-refractivity contribution in [2.75, 3.05) is 6.61 Å². The highest BCUT2D eigenvalue weighted by molar-refractivity contribution is 6.36. The van der Waals surface area contributed by atoms with E-state index in [1.165, 1.54) is 12.1 Å². The Morgan fingerprint density at radius 3 is 2.48 bits per heavy atom. The Labute approximate surface area is 133 Å². The molecule has 0 aliphatic rings. The number of hydrogen-bond acceptors (Lipinski definition) is 3. The van der Waals surface area contributed by atoms with Crippen LogP contribution in [-0.4, -0.2) is 24.5 Å². The normalized spacial score (nSPS) is 12.1. The van der Waals surface area contributed by atoms with E-state index in [1.807, 2.05) is 13.8 Å². The minimum atomic E-state index is -0.726. The largest absolute Gasteiger partial charge is 0.340 e. The molecule has 0 heterocycles. The van der Waals surface area contributed by atoms with Gasteiger partial charge in [-0.3, -0.25) is 14.4 Å². The van der Waals surface area contributed by atoms with Crippen LogP contribution in [0.2, 0.25) is 10.0 Å². The maximum atomic E-state index is 12.2. The number of rotatable bonds is 6. The summed E-state index contributed by atoms with van der Waals surface area (Å²) in [4.78, 5) is 29.0. The third-order valence-electron chi connectivity index (χ3n) is 2.73. The summed E-state index contributed by atoms with van der Waals surface area (Å²) in [5.74, 6) is -0.965. The minimum Gasteiger partial charge on any atom is -0.340 e. The van der Waals surface area contributed by atoms with E-state index in [0.29, 0.717) is 11.6 Å². The molecule has 116 valence electrons. The van der Waals surface area contributed by atoms with Crippen molar-refractivity contribution >= 4 is 35.0 Å². The average molecular weight is 333 g/mol. The zero-order valence-electron chi connectivity index (χ0n) is 12.1. The highest BCUT2D eigenvalue weighted by atomic mass is 35.5. The summed E-state index contributed by atoms with van der Waals surface area (Å²) in [6.45, 7) is 5.73. The molecule has 0 aromatic heterocycles. The van der Waals surface area contributed by atoms with Crippen molar-refractivity contribution in [2.45, 2.75) is 26.8 Å². The lowest BCUT2D eigenvalue weighted by molar-refractivity contribution is -0.136. The lowest BCUT2D eigenvalue weighted by Crippen LogP contribution is -2.49. The maximum absolute atomic E-state index is 12.2. The van der Waals surface area contributed by atoms with Crippen molar-refractivity contribution in [3.8, 4) is 0 Å². The van der Waals surface area contributed by atoms with Gasteiger partial charge in [0.1, 0.15) is 6.04 Å². The molecule has 21 heavy (non-hydrogen) atoms. The van der Waals surface area contributed by atoms with Gasteiger partial charge in [0.15, 0.2) is 0 Å². The number of amides is 2. The molecule has 5 nitrogen and oxygen atoms in total. The van der Waals surface area contributed by atoms with Gasteiger partial charge in [-0.1, -0.05) is 37.0 Å². The van der Waals surface area contributed by atoms with Crippen LogP contribution in [0.15, 0.2) is 18.2 Å². The summed E-state index contributed by atoms with van der Waals surface area (Å²) in [5.41, 5.74) is 2.55. The van der Waals surface area contributed by atoms with E-state index >= 15 is 0 Å². The van der Waals surface area contributed by atoms with Crippen molar-refractivity contribution in [3.05, 3.63) is 33.8 Å². The standard InChI is InChI=1S/C14H18Cl2N2O3/c1-4-21-18-14(20)12(8(2)3)17-13(19)10-6-5-9(15)7-11(10)16/h5-8,12H,4H2,1-3H3,(H,17,19)(H,18,20)/t12-/m0/s1. The number of halogens is 2. The number of hydroxylamine groups is 1. The van der Waals surface area contributed by atoms with Crippen molar-refractivity contribution in [2.24, 2.45) is 5.92 Å². The second-order valence-electron chi connectivity index (χ2n) is 4.72. The molecular weight excluding hydrogens is 315 g/mol. The SMILES string of the molecule is CCONC(=O)[C@@H](NC(=O)c1ccc(Cl)cc1Cl)C(C)C. The third-order valence-corrected chi connectivity index (χ3v) is 3.28. The summed E-state index contributed by atoms with van der Waals surface area (Å²) in [5, 5.41) is 3.31. The van der Waals surface area contributed by atoms with Crippen LogP contribution in [0.1, 0.15) is 31.1 Å². The first-order valence-corrected chi connectivity index (χ1v) is 7.30. The molecular formula is C14H18Cl2N2O3. The predicted octanol–water partition coefficient (Wildman–Crippen LogP) is 2.82. The van der Waals surface area contributed by atoms with E-state index in [-0.39, 0.29) is 16.5 Å². The number of carbonyl (C=O) groups excluding carboxylic acids is 2. The van der Waals surface area contributed by atoms with E-state index in [9.17, 15) is 9.59 Å². The van der Waals surface area contributed by atoms with Gasteiger partial charge >= 0.3 is 0 Å². The molecule has 0 radical (unpaired) electrons. The minimum absolute atomic E-state index is 0.111. The molecule has 0 bridgehead atoms. The van der Waals surface area contributed by atoms with Crippen molar-refractivity contribution in [3.63, 3.8) is 0 Å². The Kier molecular flexibility index (Phi) is 6.95. The van der Waals surface area contributed by atoms with Crippen LogP contribution in [0.4, 0.5) is 0 Å². The summed E-state index contributed by atoms with van der Waals surface area (Å²) < 4.78 is 0. The first-order valence-electron chi connectivity index (χ1n) is 6.54. The molecule has 0 unspecified atom stereocenters. The molecule has 1 aromatic carbocycles. The molecule has 0 aliphatic heterocycles. The van der Waals surface area contributed by atoms with E-state index in [1.54, 1.807) is 13.0 Å². The van der Waals surface area contributed by atoms with Crippen molar-refractivity contribution < 1.29 is 14.4 Å². The second kappa shape index (κ2) is 8.22. The van der Waals surface area contributed by atoms with Crippen molar-refractivity contribution in [1.29, 1.82) is 0 Å². The Morgan fingerprint density at radius 1 is 1.29 bits per heavy atom. The van der Waals surface area contributed by atoms with Gasteiger partial charge in [-0.2, -0.15) is 0 Å². The summed E-state index contributed by atoms with van der Waals surface area (Å²) in [7, 11) is 0. The number of benzene rings is 1. The van der Waals surface area contributed by atoms with E-state index in [0.717, 1.165) is 0 Å². The first kappa shape index (κ1) is 17.8. The Bertz CT molecular complexity index is 521. The average Bonchev–Trinajstić information content (AvgIpc) is 2.41. The van der Waals surface area contributed by atoms with Gasteiger partial charge in [-0.05, 0) is 31.0 Å². The van der Waals surface area contributed by atoms with Gasteiger partial charge < -0.3 is 5.32 Å². The topological polar surface area (TPSA) is 67.4 Å². The van der Waals surface area contributed by atoms with Gasteiger partial charge in [0.2, 0.25) is 0 Å². The smallest absolute Gasteiger partial charge is 0.266 e. The molecule has 0 saturated heterocycles.